The van der Waals surface area contributed by atoms with Crippen molar-refractivity contribution in [1.82, 2.24) is 4.57 Å². The Hall–Kier alpha value is -1.81. The number of carboxylic acids is 1. The third-order valence-corrected chi connectivity index (χ3v) is 2.38. The standard InChI is InChI=1S/C11H12N2O2/c12-5-6-13-9-4-2-1-3-8(9)7-10(13)11(14)15/h1-4,7H,5-6,12H2,(H,14,15). The first-order chi connectivity index (χ1) is 7.24. The molecule has 0 saturated carbocycles. The molecular weight excluding hydrogens is 192 g/mol. The molecule has 0 bridgehead atoms. The zero-order chi connectivity index (χ0) is 10.8. The second-order valence-electron chi connectivity index (χ2n) is 3.33. The number of rotatable bonds is 3. The van der Waals surface area contributed by atoms with Crippen LogP contribution in [0, 0.1) is 0 Å². The second kappa shape index (κ2) is 3.74. The average molecular weight is 204 g/mol. The molecule has 0 fully saturated rings. The minimum Gasteiger partial charge on any atom is -0.477 e. The Morgan fingerprint density at radius 1 is 1.40 bits per heavy atom. The highest BCUT2D eigenvalue weighted by atomic mass is 16.4. The lowest BCUT2D eigenvalue weighted by atomic mass is 10.2. The molecule has 78 valence electrons. The Labute approximate surface area is 86.9 Å². The van der Waals surface area contributed by atoms with Crippen LogP contribution in [0.4, 0.5) is 0 Å². The summed E-state index contributed by atoms with van der Waals surface area (Å²) in [7, 11) is 0. The van der Waals surface area contributed by atoms with Gasteiger partial charge in [0.05, 0.1) is 0 Å². The van der Waals surface area contributed by atoms with Crippen LogP contribution in [0.2, 0.25) is 0 Å². The van der Waals surface area contributed by atoms with Crippen molar-refractivity contribution in [3.05, 3.63) is 36.0 Å². The summed E-state index contributed by atoms with van der Waals surface area (Å²) < 4.78 is 1.73. The third kappa shape index (κ3) is 1.59. The lowest BCUT2D eigenvalue weighted by Crippen LogP contribution is -2.14. The van der Waals surface area contributed by atoms with Crippen LogP contribution >= 0.6 is 0 Å². The molecule has 0 aliphatic carbocycles. The molecule has 1 aromatic carbocycles. The maximum absolute atomic E-state index is 11.0. The summed E-state index contributed by atoms with van der Waals surface area (Å²) in [5, 5.41) is 9.97. The smallest absolute Gasteiger partial charge is 0.352 e. The molecule has 2 aromatic rings. The van der Waals surface area contributed by atoms with Gasteiger partial charge in [0.1, 0.15) is 5.69 Å². The number of carboxylic acid groups (broad SMARTS) is 1. The molecular formula is C11H12N2O2. The fourth-order valence-electron chi connectivity index (χ4n) is 1.76. The minimum atomic E-state index is -0.917. The van der Waals surface area contributed by atoms with E-state index in [4.69, 9.17) is 10.8 Å². The van der Waals surface area contributed by atoms with Gasteiger partial charge in [0, 0.05) is 24.0 Å². The predicted molar refractivity (Wildman–Crippen MR) is 58.0 cm³/mol. The van der Waals surface area contributed by atoms with Crippen LogP contribution in [0.1, 0.15) is 10.5 Å². The van der Waals surface area contributed by atoms with Gasteiger partial charge >= 0.3 is 5.97 Å². The fraction of sp³-hybridized carbons (Fsp3) is 0.182. The zero-order valence-corrected chi connectivity index (χ0v) is 8.18. The molecule has 0 spiro atoms. The van der Waals surface area contributed by atoms with Crippen molar-refractivity contribution in [3.8, 4) is 0 Å². The number of fused-ring (bicyclic) bond motifs is 1. The van der Waals surface area contributed by atoms with E-state index in [-0.39, 0.29) is 0 Å². The van der Waals surface area contributed by atoms with Gasteiger partial charge in [-0.15, -0.1) is 0 Å². The Bertz CT molecular complexity index is 502. The van der Waals surface area contributed by atoms with Crippen LogP contribution in [-0.4, -0.2) is 22.2 Å². The number of carbonyl (C=O) groups is 1. The van der Waals surface area contributed by atoms with Gasteiger partial charge in [-0.25, -0.2) is 4.79 Å². The summed E-state index contributed by atoms with van der Waals surface area (Å²) in [4.78, 5) is 11.0. The van der Waals surface area contributed by atoms with E-state index >= 15 is 0 Å². The predicted octanol–water partition coefficient (Wildman–Crippen LogP) is 1.30. The highest BCUT2D eigenvalue weighted by Gasteiger charge is 2.12. The molecule has 15 heavy (non-hydrogen) atoms. The van der Waals surface area contributed by atoms with E-state index in [1.807, 2.05) is 24.3 Å². The van der Waals surface area contributed by atoms with Gasteiger partial charge in [0.15, 0.2) is 0 Å². The Morgan fingerprint density at radius 2 is 2.13 bits per heavy atom. The summed E-state index contributed by atoms with van der Waals surface area (Å²) in [6, 6.07) is 9.25. The lowest BCUT2D eigenvalue weighted by molar-refractivity contribution is 0.0686. The number of hydrogen-bond donors (Lipinski definition) is 2. The summed E-state index contributed by atoms with van der Waals surface area (Å²) in [5.41, 5.74) is 6.68. The topological polar surface area (TPSA) is 68.2 Å². The van der Waals surface area contributed by atoms with E-state index < -0.39 is 5.97 Å². The van der Waals surface area contributed by atoms with Crippen LogP contribution in [0.25, 0.3) is 10.9 Å². The number of benzene rings is 1. The van der Waals surface area contributed by atoms with Crippen molar-refractivity contribution < 1.29 is 9.90 Å². The summed E-state index contributed by atoms with van der Waals surface area (Å²) in [6.45, 7) is 0.952. The summed E-state index contributed by atoms with van der Waals surface area (Å²) in [6.07, 6.45) is 0. The Morgan fingerprint density at radius 3 is 2.80 bits per heavy atom. The van der Waals surface area contributed by atoms with Crippen molar-refractivity contribution in [2.75, 3.05) is 6.54 Å². The number of hydrogen-bond acceptors (Lipinski definition) is 2. The van der Waals surface area contributed by atoms with E-state index in [1.165, 1.54) is 0 Å². The lowest BCUT2D eigenvalue weighted by Gasteiger charge is -2.05. The number of aromatic carboxylic acids is 1. The number of nitrogens with two attached hydrogens (primary N) is 1. The van der Waals surface area contributed by atoms with Crippen molar-refractivity contribution in [3.63, 3.8) is 0 Å². The van der Waals surface area contributed by atoms with Gasteiger partial charge in [-0.2, -0.15) is 0 Å². The van der Waals surface area contributed by atoms with Crippen LogP contribution in [-0.2, 0) is 6.54 Å². The van der Waals surface area contributed by atoms with Gasteiger partial charge in [-0.05, 0) is 12.1 Å². The maximum atomic E-state index is 11.0. The summed E-state index contributed by atoms with van der Waals surface area (Å²) in [5.74, 6) is -0.917. The van der Waals surface area contributed by atoms with E-state index in [0.717, 1.165) is 10.9 Å². The number of aromatic nitrogens is 1. The van der Waals surface area contributed by atoms with Crippen molar-refractivity contribution >= 4 is 16.9 Å². The first kappa shape index (κ1) is 9.73. The van der Waals surface area contributed by atoms with Gasteiger partial charge in [0.2, 0.25) is 0 Å². The molecule has 0 saturated heterocycles. The van der Waals surface area contributed by atoms with Crippen molar-refractivity contribution in [2.45, 2.75) is 6.54 Å². The number of para-hydroxylation sites is 1. The van der Waals surface area contributed by atoms with Gasteiger partial charge < -0.3 is 15.4 Å². The molecule has 0 aliphatic rings. The van der Waals surface area contributed by atoms with Gasteiger partial charge in [-0.1, -0.05) is 18.2 Å². The molecule has 1 aromatic heterocycles. The van der Waals surface area contributed by atoms with Crippen LogP contribution in [0.5, 0.6) is 0 Å². The number of nitrogens with zero attached hydrogens (tertiary/aromatic N) is 1. The van der Waals surface area contributed by atoms with Crippen LogP contribution < -0.4 is 5.73 Å². The maximum Gasteiger partial charge on any atom is 0.352 e. The average Bonchev–Trinajstić information content (AvgIpc) is 2.58. The first-order valence-electron chi connectivity index (χ1n) is 4.75. The molecule has 4 nitrogen and oxygen atoms in total. The summed E-state index contributed by atoms with van der Waals surface area (Å²) >= 11 is 0. The zero-order valence-electron chi connectivity index (χ0n) is 8.18. The van der Waals surface area contributed by atoms with Crippen LogP contribution in [0.15, 0.2) is 30.3 Å². The monoisotopic (exact) mass is 204 g/mol. The molecule has 3 N–H and O–H groups in total. The van der Waals surface area contributed by atoms with E-state index in [1.54, 1.807) is 10.6 Å². The second-order valence-corrected chi connectivity index (χ2v) is 3.33. The van der Waals surface area contributed by atoms with Crippen molar-refractivity contribution in [1.29, 1.82) is 0 Å². The van der Waals surface area contributed by atoms with Gasteiger partial charge in [0.25, 0.3) is 0 Å². The van der Waals surface area contributed by atoms with E-state index in [9.17, 15) is 4.79 Å². The Balaban J connectivity index is 2.68. The van der Waals surface area contributed by atoms with Gasteiger partial charge in [-0.3, -0.25) is 0 Å². The van der Waals surface area contributed by atoms with E-state index in [2.05, 4.69) is 0 Å². The molecule has 0 aliphatic heterocycles. The first-order valence-corrected chi connectivity index (χ1v) is 4.75. The highest BCUT2D eigenvalue weighted by molar-refractivity contribution is 5.94. The quantitative estimate of drug-likeness (QED) is 0.791. The molecule has 2 rings (SSSR count). The third-order valence-electron chi connectivity index (χ3n) is 2.38. The molecule has 0 amide bonds. The van der Waals surface area contributed by atoms with E-state index in [0.29, 0.717) is 18.8 Å². The molecule has 4 heteroatoms. The molecule has 0 radical (unpaired) electrons. The highest BCUT2D eigenvalue weighted by Crippen LogP contribution is 2.19. The Kier molecular flexibility index (Phi) is 2.43. The molecule has 0 atom stereocenters. The molecule has 0 unspecified atom stereocenters. The SMILES string of the molecule is NCCn1c(C(=O)O)cc2ccccc21. The van der Waals surface area contributed by atoms with Crippen molar-refractivity contribution in [2.24, 2.45) is 5.73 Å². The largest absolute Gasteiger partial charge is 0.477 e. The fourth-order valence-corrected chi connectivity index (χ4v) is 1.76. The van der Waals surface area contributed by atoms with Crippen LogP contribution in [0.3, 0.4) is 0 Å². The minimum absolute atomic E-state index is 0.293. The normalized spacial score (nSPS) is 10.7. The molecule has 1 heterocycles.